The van der Waals surface area contributed by atoms with Gasteiger partial charge in [0, 0.05) is 13.7 Å². The molecule has 1 saturated heterocycles. The average molecular weight is 330 g/mol. The van der Waals surface area contributed by atoms with Gasteiger partial charge in [-0.2, -0.15) is 4.98 Å². The first kappa shape index (κ1) is 17.1. The Hall–Kier alpha value is -1.72. The summed E-state index contributed by atoms with van der Waals surface area (Å²) in [5.41, 5.74) is 0.257. The van der Waals surface area contributed by atoms with Gasteiger partial charge in [-0.3, -0.25) is 0 Å². The first-order valence-electron chi connectivity index (χ1n) is 8.42. The van der Waals surface area contributed by atoms with Crippen molar-refractivity contribution in [3.8, 4) is 0 Å². The van der Waals surface area contributed by atoms with Crippen molar-refractivity contribution < 1.29 is 14.0 Å². The first-order chi connectivity index (χ1) is 11.4. The van der Waals surface area contributed by atoms with Crippen molar-refractivity contribution >= 4 is 0 Å². The van der Waals surface area contributed by atoms with Crippen LogP contribution in [0.3, 0.4) is 0 Å². The van der Waals surface area contributed by atoms with E-state index in [-0.39, 0.29) is 17.4 Å². The van der Waals surface area contributed by atoms with E-state index in [1.807, 2.05) is 37.3 Å². The van der Waals surface area contributed by atoms with E-state index < -0.39 is 5.60 Å². The molecule has 0 spiro atoms. The van der Waals surface area contributed by atoms with Crippen molar-refractivity contribution in [1.29, 1.82) is 0 Å². The second-order valence-electron chi connectivity index (χ2n) is 7.61. The predicted molar refractivity (Wildman–Crippen MR) is 90.8 cm³/mol. The number of aromatic nitrogens is 2. The van der Waals surface area contributed by atoms with Gasteiger partial charge in [0.1, 0.15) is 0 Å². The van der Waals surface area contributed by atoms with Gasteiger partial charge in [-0.1, -0.05) is 56.3 Å². The lowest BCUT2D eigenvalue weighted by Gasteiger charge is -2.29. The van der Waals surface area contributed by atoms with Gasteiger partial charge < -0.3 is 14.0 Å². The highest BCUT2D eigenvalue weighted by atomic mass is 16.5. The maximum absolute atomic E-state index is 5.94. The van der Waals surface area contributed by atoms with E-state index in [9.17, 15) is 0 Å². The fourth-order valence-corrected chi connectivity index (χ4v) is 3.37. The third-order valence-electron chi connectivity index (χ3n) is 4.86. The van der Waals surface area contributed by atoms with E-state index in [1.165, 1.54) is 0 Å². The molecule has 1 aliphatic rings. The number of hydrogen-bond donors (Lipinski definition) is 0. The van der Waals surface area contributed by atoms with Gasteiger partial charge in [0.25, 0.3) is 5.89 Å². The summed E-state index contributed by atoms with van der Waals surface area (Å²) in [6.07, 6.45) is 1.00. The van der Waals surface area contributed by atoms with Crippen molar-refractivity contribution in [3.05, 3.63) is 47.6 Å². The third-order valence-corrected chi connectivity index (χ3v) is 4.86. The summed E-state index contributed by atoms with van der Waals surface area (Å²) in [6, 6.07) is 9.94. The van der Waals surface area contributed by atoms with E-state index in [0.717, 1.165) is 18.6 Å². The number of rotatable bonds is 4. The minimum absolute atomic E-state index is 0.0337. The Bertz CT molecular complexity index is 677. The Morgan fingerprint density at radius 3 is 2.46 bits per heavy atom. The summed E-state index contributed by atoms with van der Waals surface area (Å²) < 4.78 is 17.3. The lowest BCUT2D eigenvalue weighted by atomic mass is 9.81. The third kappa shape index (κ3) is 2.98. The van der Waals surface area contributed by atoms with Crippen LogP contribution in [0.2, 0.25) is 0 Å². The van der Waals surface area contributed by atoms with Gasteiger partial charge >= 0.3 is 0 Å². The molecule has 3 atom stereocenters. The SMILES string of the molecule is COC(C)(c1ccccc1)c1nc([C@@H]2CCO[C@H]2C(C)(C)C)no1. The molecule has 0 saturated carbocycles. The molecule has 0 radical (unpaired) electrons. The second-order valence-corrected chi connectivity index (χ2v) is 7.61. The van der Waals surface area contributed by atoms with Gasteiger partial charge in [0.05, 0.1) is 12.0 Å². The minimum atomic E-state index is -0.761. The summed E-state index contributed by atoms with van der Waals surface area (Å²) in [5.74, 6) is 1.34. The molecule has 1 aliphatic heterocycles. The van der Waals surface area contributed by atoms with Crippen molar-refractivity contribution in [2.24, 2.45) is 5.41 Å². The van der Waals surface area contributed by atoms with Gasteiger partial charge in [-0.25, -0.2) is 0 Å². The molecule has 24 heavy (non-hydrogen) atoms. The van der Waals surface area contributed by atoms with E-state index >= 15 is 0 Å². The quantitative estimate of drug-likeness (QED) is 0.851. The van der Waals surface area contributed by atoms with Gasteiger partial charge in [0.2, 0.25) is 0 Å². The molecule has 1 aromatic heterocycles. The Kier molecular flexibility index (Phi) is 4.49. The molecule has 5 heteroatoms. The molecular weight excluding hydrogens is 304 g/mol. The molecule has 1 fully saturated rings. The monoisotopic (exact) mass is 330 g/mol. The summed E-state index contributed by atoms with van der Waals surface area (Å²) in [7, 11) is 1.66. The molecule has 0 amide bonds. The molecule has 3 rings (SSSR count). The molecular formula is C19H26N2O3. The van der Waals surface area contributed by atoms with E-state index in [2.05, 4.69) is 25.9 Å². The highest BCUT2D eigenvalue weighted by molar-refractivity contribution is 5.28. The van der Waals surface area contributed by atoms with Crippen LogP contribution >= 0.6 is 0 Å². The molecule has 0 aliphatic carbocycles. The Morgan fingerprint density at radius 1 is 1.12 bits per heavy atom. The lowest BCUT2D eigenvalue weighted by molar-refractivity contribution is 0.0112. The van der Waals surface area contributed by atoms with E-state index in [1.54, 1.807) is 7.11 Å². The summed E-state index contributed by atoms with van der Waals surface area (Å²) in [4.78, 5) is 4.69. The fourth-order valence-electron chi connectivity index (χ4n) is 3.37. The number of nitrogens with zero attached hydrogens (tertiary/aromatic N) is 2. The minimum Gasteiger partial charge on any atom is -0.377 e. The van der Waals surface area contributed by atoms with Crippen LogP contribution in [0, 0.1) is 5.41 Å². The lowest BCUT2D eigenvalue weighted by Crippen LogP contribution is -2.31. The van der Waals surface area contributed by atoms with Crippen LogP contribution in [0.15, 0.2) is 34.9 Å². The van der Waals surface area contributed by atoms with Crippen LogP contribution < -0.4 is 0 Å². The normalized spacial score (nSPS) is 24.0. The maximum Gasteiger partial charge on any atom is 0.263 e. The first-order valence-corrected chi connectivity index (χ1v) is 8.42. The van der Waals surface area contributed by atoms with Crippen molar-refractivity contribution in [2.45, 2.75) is 51.7 Å². The highest BCUT2D eigenvalue weighted by Gasteiger charge is 2.42. The van der Waals surface area contributed by atoms with Gasteiger partial charge in [0.15, 0.2) is 11.4 Å². The van der Waals surface area contributed by atoms with E-state index in [4.69, 9.17) is 19.0 Å². The molecule has 2 heterocycles. The smallest absolute Gasteiger partial charge is 0.263 e. The zero-order chi connectivity index (χ0) is 17.4. The standard InChI is InChI=1S/C19H26N2O3/c1-18(2,3)15-14(11-12-23-15)16-20-17(24-21-16)19(4,22-5)13-9-7-6-8-10-13/h6-10,14-15H,11-12H2,1-5H3/t14-,15-,19?/m1/s1. The van der Waals surface area contributed by atoms with E-state index in [0.29, 0.717) is 11.7 Å². The Balaban J connectivity index is 1.93. The molecule has 0 N–H and O–H groups in total. The number of ether oxygens (including phenoxy) is 2. The zero-order valence-corrected chi connectivity index (χ0v) is 15.1. The largest absolute Gasteiger partial charge is 0.377 e. The molecule has 0 bridgehead atoms. The number of methoxy groups -OCH3 is 1. The van der Waals surface area contributed by atoms with Crippen LogP contribution in [0.5, 0.6) is 0 Å². The summed E-state index contributed by atoms with van der Waals surface area (Å²) in [5, 5.41) is 4.26. The van der Waals surface area contributed by atoms with Gasteiger partial charge in [-0.05, 0) is 24.3 Å². The molecule has 130 valence electrons. The zero-order valence-electron chi connectivity index (χ0n) is 15.1. The second kappa shape index (κ2) is 6.30. The van der Waals surface area contributed by atoms with Crippen LogP contribution in [0.1, 0.15) is 57.3 Å². The van der Waals surface area contributed by atoms with Crippen molar-refractivity contribution in [3.63, 3.8) is 0 Å². The topological polar surface area (TPSA) is 57.4 Å². The maximum atomic E-state index is 5.94. The van der Waals surface area contributed by atoms with Crippen LogP contribution in [0.25, 0.3) is 0 Å². The molecule has 2 aromatic rings. The van der Waals surface area contributed by atoms with Crippen molar-refractivity contribution in [1.82, 2.24) is 10.1 Å². The van der Waals surface area contributed by atoms with Crippen LogP contribution in [-0.2, 0) is 15.1 Å². The average Bonchev–Trinajstić information content (AvgIpc) is 3.23. The van der Waals surface area contributed by atoms with Crippen LogP contribution in [0.4, 0.5) is 0 Å². The number of hydrogen-bond acceptors (Lipinski definition) is 5. The summed E-state index contributed by atoms with van der Waals surface area (Å²) >= 11 is 0. The fraction of sp³-hybridized carbons (Fsp3) is 0.579. The van der Waals surface area contributed by atoms with Gasteiger partial charge in [-0.15, -0.1) is 0 Å². The number of benzene rings is 1. The Morgan fingerprint density at radius 2 is 1.83 bits per heavy atom. The molecule has 1 unspecified atom stereocenters. The summed E-state index contributed by atoms with van der Waals surface area (Å²) in [6.45, 7) is 9.23. The van der Waals surface area contributed by atoms with Crippen molar-refractivity contribution in [2.75, 3.05) is 13.7 Å². The predicted octanol–water partition coefficient (Wildman–Crippen LogP) is 3.90. The molecule has 5 nitrogen and oxygen atoms in total. The molecule has 1 aromatic carbocycles. The highest BCUT2D eigenvalue weighted by Crippen LogP contribution is 2.40. The van der Waals surface area contributed by atoms with Crippen LogP contribution in [-0.4, -0.2) is 30.0 Å². The Labute approximate surface area is 143 Å².